The Bertz CT molecular complexity index is 1660. The van der Waals surface area contributed by atoms with Gasteiger partial charge < -0.3 is 0 Å². The Balaban J connectivity index is 4.47. The fraction of sp³-hybridized carbons (Fsp3) is 0.0333. The van der Waals surface area contributed by atoms with Crippen molar-refractivity contribution >= 4 is 0 Å². The molecule has 0 atom stereocenters. The summed E-state index contributed by atoms with van der Waals surface area (Å²) in [6.07, 6.45) is 0. The van der Waals surface area contributed by atoms with E-state index in [1.165, 1.54) is 0 Å². The molecule has 0 aliphatic carbocycles. The van der Waals surface area contributed by atoms with Gasteiger partial charge in [0, 0.05) is 112 Å². The highest BCUT2D eigenvalue weighted by molar-refractivity contribution is 5.48. The second kappa shape index (κ2) is 23.3. The summed E-state index contributed by atoms with van der Waals surface area (Å²) < 4.78 is 0. The molecule has 31 heavy (non-hydrogen) atoms. The number of rotatable bonds is 0. The molecule has 0 aromatic heterocycles. The van der Waals surface area contributed by atoms with E-state index in [0.29, 0.717) is 0 Å². The van der Waals surface area contributed by atoms with Crippen LogP contribution in [0, 0.1) is 177 Å². The van der Waals surface area contributed by atoms with Gasteiger partial charge in [-0.3, -0.25) is 0 Å². The molecule has 0 unspecified atom stereocenters. The summed E-state index contributed by atoms with van der Waals surface area (Å²) in [7, 11) is 0. The minimum atomic E-state index is 1.63. The van der Waals surface area contributed by atoms with Crippen LogP contribution in [0.25, 0.3) is 0 Å². The van der Waals surface area contributed by atoms with Gasteiger partial charge in [-0.05, 0) is 54.3 Å². The highest BCUT2D eigenvalue weighted by Crippen LogP contribution is 1.60. The van der Waals surface area contributed by atoms with Crippen LogP contribution in [0.3, 0.4) is 0 Å². The Labute approximate surface area is 184 Å². The first-order valence-electron chi connectivity index (χ1n) is 7.72. The third-order valence-corrected chi connectivity index (χ3v) is 1.81. The van der Waals surface area contributed by atoms with Gasteiger partial charge >= 0.3 is 0 Å². The molecule has 0 bridgehead atoms. The van der Waals surface area contributed by atoms with Crippen molar-refractivity contribution in [2.24, 2.45) is 0 Å². The van der Waals surface area contributed by atoms with E-state index in [0.717, 1.165) is 0 Å². The van der Waals surface area contributed by atoms with Crippen LogP contribution in [0.15, 0.2) is 0 Å². The maximum Gasteiger partial charge on any atom is 0.153 e. The summed E-state index contributed by atoms with van der Waals surface area (Å²) in [6.45, 7) is 1.69. The minimum Gasteiger partial charge on any atom is -0.183 e. The molecule has 0 N–H and O–H groups in total. The second-order valence-electron chi connectivity index (χ2n) is 3.74. The van der Waals surface area contributed by atoms with E-state index in [1.807, 2.05) is 0 Å². The molecule has 0 radical (unpaired) electrons. The average molecular weight is 377 g/mol. The molecule has 0 heterocycles. The van der Waals surface area contributed by atoms with Crippen molar-refractivity contribution in [3.05, 3.63) is 0 Å². The number of hydrogen-bond acceptors (Lipinski definition) is 1. The van der Waals surface area contributed by atoms with E-state index in [-0.39, 0.29) is 0 Å². The van der Waals surface area contributed by atoms with Crippen molar-refractivity contribution < 1.29 is 0 Å². The molecular formula is C30H3N. The van der Waals surface area contributed by atoms with Crippen LogP contribution in [0.2, 0.25) is 0 Å². The summed E-state index contributed by atoms with van der Waals surface area (Å²) >= 11 is 0. The Hall–Kier alpha value is -6.67. The standard InChI is InChI=1S/C30H3N/c1-2-3-4-5-6-7-8-9-10-11-12-13-14-15-16-17-18-19-20-21-22-23-24-25-26-27-28-29-30-31/h1H3. The van der Waals surface area contributed by atoms with Crippen LogP contribution >= 0.6 is 0 Å². The van der Waals surface area contributed by atoms with Gasteiger partial charge in [0.05, 0.1) is 0 Å². The molecule has 0 amide bonds. The smallest absolute Gasteiger partial charge is 0.153 e. The third-order valence-electron chi connectivity index (χ3n) is 1.81. The van der Waals surface area contributed by atoms with Crippen LogP contribution in [-0.2, 0) is 0 Å². The van der Waals surface area contributed by atoms with Gasteiger partial charge in [-0.25, -0.2) is 0 Å². The monoisotopic (exact) mass is 377 g/mol. The lowest BCUT2D eigenvalue weighted by atomic mass is 10.4. The van der Waals surface area contributed by atoms with Gasteiger partial charge in [0.1, 0.15) is 0 Å². The summed E-state index contributed by atoms with van der Waals surface area (Å²) in [4.78, 5) is 0. The molecule has 1 heteroatoms. The fourth-order valence-corrected chi connectivity index (χ4v) is 0.872. The zero-order chi connectivity index (χ0) is 22.5. The quantitative estimate of drug-likeness (QED) is 0.567. The summed E-state index contributed by atoms with van der Waals surface area (Å²) in [6, 6.07) is 1.63. The molecular weight excluding hydrogens is 374 g/mol. The highest BCUT2D eigenvalue weighted by atomic mass is 14.2. The van der Waals surface area contributed by atoms with E-state index < -0.39 is 0 Å². The molecule has 0 fully saturated rings. The van der Waals surface area contributed by atoms with Gasteiger partial charge in [0.15, 0.2) is 6.07 Å². The molecule has 0 spiro atoms. The van der Waals surface area contributed by atoms with Gasteiger partial charge in [-0.2, -0.15) is 5.26 Å². The SMILES string of the molecule is CC#CC#CC#CC#CC#CC#CC#CC#CC#CC#CC#CC#CC#CC#CC#N. The van der Waals surface area contributed by atoms with Crippen LogP contribution in [0.1, 0.15) is 6.92 Å². The summed E-state index contributed by atoms with van der Waals surface area (Å²) in [5.74, 6) is 69.0. The first kappa shape index (κ1) is 24.3. The van der Waals surface area contributed by atoms with Crippen LogP contribution < -0.4 is 0 Å². The first-order valence-corrected chi connectivity index (χ1v) is 7.72. The summed E-state index contributed by atoms with van der Waals surface area (Å²) in [5.41, 5.74) is 0. The van der Waals surface area contributed by atoms with Crippen molar-refractivity contribution in [1.82, 2.24) is 0 Å². The normalized spacial score (nSPS) is 3.87. The van der Waals surface area contributed by atoms with Crippen LogP contribution in [0.4, 0.5) is 0 Å². The maximum absolute atomic E-state index is 8.15. The molecule has 0 saturated carbocycles. The van der Waals surface area contributed by atoms with Crippen molar-refractivity contribution in [2.75, 3.05) is 0 Å². The van der Waals surface area contributed by atoms with Gasteiger partial charge in [-0.1, -0.05) is 5.92 Å². The predicted molar refractivity (Wildman–Crippen MR) is 120 cm³/mol. The van der Waals surface area contributed by atoms with Crippen molar-refractivity contribution in [3.8, 4) is 172 Å². The lowest BCUT2D eigenvalue weighted by Crippen LogP contribution is -1.57. The highest BCUT2D eigenvalue weighted by Gasteiger charge is 1.60. The van der Waals surface area contributed by atoms with Gasteiger partial charge in [0.25, 0.3) is 0 Å². The maximum atomic E-state index is 8.15. The zero-order valence-electron chi connectivity index (χ0n) is 15.9. The molecule has 0 aromatic carbocycles. The average Bonchev–Trinajstić information content (AvgIpc) is 2.78. The summed E-state index contributed by atoms with van der Waals surface area (Å²) in [5, 5.41) is 8.15. The van der Waals surface area contributed by atoms with Gasteiger partial charge in [-0.15, -0.1) is 0 Å². The second-order valence-corrected chi connectivity index (χ2v) is 3.74. The fourth-order valence-electron chi connectivity index (χ4n) is 0.872. The van der Waals surface area contributed by atoms with E-state index in [4.69, 9.17) is 5.26 Å². The van der Waals surface area contributed by atoms with Crippen molar-refractivity contribution in [3.63, 3.8) is 0 Å². The van der Waals surface area contributed by atoms with Crippen molar-refractivity contribution in [1.29, 1.82) is 5.26 Å². The number of nitriles is 1. The van der Waals surface area contributed by atoms with Crippen LogP contribution in [0.5, 0.6) is 0 Å². The molecule has 0 aliphatic rings. The topological polar surface area (TPSA) is 23.8 Å². The van der Waals surface area contributed by atoms with Gasteiger partial charge in [0.2, 0.25) is 0 Å². The third kappa shape index (κ3) is 23.3. The Morgan fingerprint density at radius 3 is 0.581 bits per heavy atom. The van der Waals surface area contributed by atoms with Crippen molar-refractivity contribution in [2.45, 2.75) is 6.92 Å². The molecule has 128 valence electrons. The molecule has 0 aromatic rings. The number of nitrogens with zero attached hydrogens (tertiary/aromatic N) is 1. The van der Waals surface area contributed by atoms with E-state index >= 15 is 0 Å². The van der Waals surface area contributed by atoms with E-state index in [1.54, 1.807) is 13.0 Å². The van der Waals surface area contributed by atoms with E-state index in [2.05, 4.69) is 166 Å². The van der Waals surface area contributed by atoms with Crippen LogP contribution in [-0.4, -0.2) is 0 Å². The molecule has 0 aliphatic heterocycles. The molecule has 1 nitrogen and oxygen atoms in total. The Morgan fingerprint density at radius 1 is 0.258 bits per heavy atom. The Morgan fingerprint density at radius 2 is 0.419 bits per heavy atom. The largest absolute Gasteiger partial charge is 0.183 e. The Kier molecular flexibility index (Phi) is 18.3. The first-order chi connectivity index (χ1) is 15.4. The predicted octanol–water partition coefficient (Wildman–Crippen LogP) is 0.577. The lowest BCUT2D eigenvalue weighted by Gasteiger charge is -1.57. The molecule has 0 saturated heterocycles. The lowest BCUT2D eigenvalue weighted by molar-refractivity contribution is 1.55. The number of hydrogen-bond donors (Lipinski definition) is 0. The minimum absolute atomic E-state index is 1.63. The zero-order valence-corrected chi connectivity index (χ0v) is 15.9. The molecule has 0 rings (SSSR count). The van der Waals surface area contributed by atoms with E-state index in [9.17, 15) is 0 Å².